The Labute approximate surface area is 159 Å². The number of benzene rings is 2. The number of piperidine rings is 1. The zero-order valence-electron chi connectivity index (χ0n) is 14.6. The van der Waals surface area contributed by atoms with Crippen molar-refractivity contribution in [2.24, 2.45) is 0 Å². The summed E-state index contributed by atoms with van der Waals surface area (Å²) in [5.41, 5.74) is -1.14. The lowest BCUT2D eigenvalue weighted by Gasteiger charge is -2.38. The van der Waals surface area contributed by atoms with Crippen LogP contribution in [0.15, 0.2) is 53.4 Å². The fraction of sp³-hybridized carbons (Fsp3) is 0.316. The Bertz CT molecular complexity index is 1050. The molecule has 0 amide bonds. The van der Waals surface area contributed by atoms with Gasteiger partial charge in [0.2, 0.25) is 10.0 Å². The third-order valence-corrected chi connectivity index (χ3v) is 6.99. The van der Waals surface area contributed by atoms with Crippen LogP contribution in [-0.4, -0.2) is 31.8 Å². The molecule has 2 aliphatic rings. The van der Waals surface area contributed by atoms with Gasteiger partial charge in [-0.3, -0.25) is 0 Å². The Morgan fingerprint density at radius 2 is 1.82 bits per heavy atom. The van der Waals surface area contributed by atoms with Crippen molar-refractivity contribution < 1.29 is 31.1 Å². The first-order valence-electron chi connectivity index (χ1n) is 8.64. The quantitative estimate of drug-likeness (QED) is 0.709. The first-order valence-corrected chi connectivity index (χ1v) is 10.1. The molecule has 1 atom stereocenters. The molecule has 9 heteroatoms. The van der Waals surface area contributed by atoms with Crippen LogP contribution in [-0.2, 0) is 26.5 Å². The van der Waals surface area contributed by atoms with E-state index >= 15 is 0 Å². The van der Waals surface area contributed by atoms with Gasteiger partial charge in [0.25, 0.3) is 0 Å². The van der Waals surface area contributed by atoms with E-state index in [4.69, 9.17) is 4.74 Å². The molecule has 4 rings (SSSR count). The van der Waals surface area contributed by atoms with Gasteiger partial charge in [-0.05, 0) is 37.1 Å². The summed E-state index contributed by atoms with van der Waals surface area (Å²) in [7, 11) is -4.19. The van der Waals surface area contributed by atoms with Crippen molar-refractivity contribution in [2.75, 3.05) is 13.1 Å². The maximum absolute atomic E-state index is 13.0. The van der Waals surface area contributed by atoms with Crippen LogP contribution in [0.5, 0.6) is 0 Å². The fourth-order valence-corrected chi connectivity index (χ4v) is 5.39. The van der Waals surface area contributed by atoms with Gasteiger partial charge < -0.3 is 4.74 Å². The minimum absolute atomic E-state index is 0.131. The molecule has 1 fully saturated rings. The molecule has 5 nitrogen and oxygen atoms in total. The lowest BCUT2D eigenvalue weighted by atomic mass is 9.86. The molecule has 0 aromatic heterocycles. The number of alkyl halides is 3. The van der Waals surface area contributed by atoms with Gasteiger partial charge in [0.1, 0.15) is 0 Å². The minimum Gasteiger partial charge on any atom is -0.449 e. The second-order valence-electron chi connectivity index (χ2n) is 6.90. The number of carbonyl (C=O) groups is 1. The van der Waals surface area contributed by atoms with Crippen LogP contribution >= 0.6 is 0 Å². The second kappa shape index (κ2) is 6.31. The van der Waals surface area contributed by atoms with Gasteiger partial charge in [0, 0.05) is 12.1 Å². The van der Waals surface area contributed by atoms with Gasteiger partial charge in [0.15, 0.2) is 5.60 Å². The number of hydrogen-bond acceptors (Lipinski definition) is 4. The average molecular weight is 411 g/mol. The molecular formula is C19H16F3NO4S. The molecule has 2 heterocycles. The van der Waals surface area contributed by atoms with Gasteiger partial charge in [-0.25, -0.2) is 13.2 Å². The Balaban J connectivity index is 1.70. The van der Waals surface area contributed by atoms with E-state index in [1.165, 1.54) is 0 Å². The van der Waals surface area contributed by atoms with Gasteiger partial charge in [0.05, 0.1) is 22.6 Å². The van der Waals surface area contributed by atoms with E-state index < -0.39 is 38.2 Å². The SMILES string of the molecule is O=C1OC2(CCCN(S(=O)(=O)c3cccc(C(F)(F)F)c3)C2)c2ccccc21. The molecular weight excluding hydrogens is 395 g/mol. The average Bonchev–Trinajstić information content (AvgIpc) is 2.93. The van der Waals surface area contributed by atoms with E-state index in [1.54, 1.807) is 24.3 Å². The second-order valence-corrected chi connectivity index (χ2v) is 8.84. The first-order chi connectivity index (χ1) is 13.1. The number of rotatable bonds is 2. The zero-order valence-corrected chi connectivity index (χ0v) is 15.4. The Kier molecular flexibility index (Phi) is 4.27. The minimum atomic E-state index is -4.64. The van der Waals surface area contributed by atoms with Crippen molar-refractivity contribution in [1.82, 2.24) is 4.31 Å². The predicted octanol–water partition coefficient (Wildman–Crippen LogP) is 3.56. The van der Waals surface area contributed by atoms with E-state index in [1.807, 2.05) is 0 Å². The highest BCUT2D eigenvalue weighted by atomic mass is 32.2. The largest absolute Gasteiger partial charge is 0.449 e. The first kappa shape index (κ1) is 18.9. The summed E-state index contributed by atoms with van der Waals surface area (Å²) in [6.45, 7) is 0.00831. The molecule has 2 aliphatic heterocycles. The molecule has 0 saturated carbocycles. The summed E-state index contributed by atoms with van der Waals surface area (Å²) >= 11 is 0. The molecule has 2 aromatic carbocycles. The number of carbonyl (C=O) groups excluding carboxylic acids is 1. The van der Waals surface area contributed by atoms with Crippen LogP contribution in [0.25, 0.3) is 0 Å². The lowest BCUT2D eigenvalue weighted by Crippen LogP contribution is -2.48. The number of ether oxygens (including phenoxy) is 1. The van der Waals surface area contributed by atoms with Crippen LogP contribution in [0.4, 0.5) is 13.2 Å². The Morgan fingerprint density at radius 1 is 1.07 bits per heavy atom. The Morgan fingerprint density at radius 3 is 2.57 bits per heavy atom. The van der Waals surface area contributed by atoms with Crippen molar-refractivity contribution in [3.63, 3.8) is 0 Å². The molecule has 0 radical (unpaired) electrons. The number of esters is 1. The number of hydrogen-bond donors (Lipinski definition) is 0. The zero-order chi connectivity index (χ0) is 20.2. The molecule has 1 unspecified atom stereocenters. The number of sulfonamides is 1. The summed E-state index contributed by atoms with van der Waals surface area (Å²) in [4.78, 5) is 11.8. The summed E-state index contributed by atoms with van der Waals surface area (Å²) in [6.07, 6.45) is -3.78. The normalized spacial score (nSPS) is 22.9. The molecule has 0 N–H and O–H groups in total. The van der Waals surface area contributed by atoms with Crippen LogP contribution in [0, 0.1) is 0 Å². The van der Waals surface area contributed by atoms with E-state index in [2.05, 4.69) is 0 Å². The summed E-state index contributed by atoms with van der Waals surface area (Å²) < 4.78 is 71.7. The topological polar surface area (TPSA) is 63.7 Å². The Hall–Kier alpha value is -2.39. The van der Waals surface area contributed by atoms with Crippen molar-refractivity contribution >= 4 is 16.0 Å². The van der Waals surface area contributed by atoms with Gasteiger partial charge in [-0.2, -0.15) is 17.5 Å². The summed E-state index contributed by atoms with van der Waals surface area (Å²) in [5.74, 6) is -0.520. The third kappa shape index (κ3) is 2.98. The smallest absolute Gasteiger partial charge is 0.416 e. The van der Waals surface area contributed by atoms with Crippen LogP contribution in [0.3, 0.4) is 0 Å². The van der Waals surface area contributed by atoms with E-state index in [-0.39, 0.29) is 13.1 Å². The van der Waals surface area contributed by atoms with E-state index in [0.717, 1.165) is 22.5 Å². The van der Waals surface area contributed by atoms with E-state index in [9.17, 15) is 26.4 Å². The molecule has 2 aromatic rings. The van der Waals surface area contributed by atoms with Crippen molar-refractivity contribution in [2.45, 2.75) is 29.5 Å². The number of nitrogens with zero attached hydrogens (tertiary/aromatic N) is 1. The third-order valence-electron chi connectivity index (χ3n) is 5.14. The van der Waals surface area contributed by atoms with Gasteiger partial charge in [-0.1, -0.05) is 24.3 Å². The molecule has 148 valence electrons. The van der Waals surface area contributed by atoms with Crippen molar-refractivity contribution in [1.29, 1.82) is 0 Å². The summed E-state index contributed by atoms with van der Waals surface area (Å²) in [6, 6.07) is 10.4. The monoisotopic (exact) mass is 411 g/mol. The molecule has 1 saturated heterocycles. The molecule has 28 heavy (non-hydrogen) atoms. The fourth-order valence-electron chi connectivity index (χ4n) is 3.82. The van der Waals surface area contributed by atoms with E-state index in [0.29, 0.717) is 30.0 Å². The molecule has 0 aliphatic carbocycles. The standard InChI is InChI=1S/C19H16F3NO4S/c20-19(21,22)13-5-3-6-14(11-13)28(25,26)23-10-4-9-18(12-23)16-8-2-1-7-15(16)17(24)27-18/h1-3,5-8,11H,4,9-10,12H2. The molecule has 0 bridgehead atoms. The predicted molar refractivity (Wildman–Crippen MR) is 93.0 cm³/mol. The van der Waals surface area contributed by atoms with Gasteiger partial charge in [-0.15, -0.1) is 0 Å². The highest BCUT2D eigenvalue weighted by Crippen LogP contribution is 2.44. The number of fused-ring (bicyclic) bond motifs is 2. The molecule has 1 spiro atoms. The van der Waals surface area contributed by atoms with Crippen molar-refractivity contribution in [3.8, 4) is 0 Å². The number of halogens is 3. The van der Waals surface area contributed by atoms with Crippen molar-refractivity contribution in [3.05, 3.63) is 65.2 Å². The van der Waals surface area contributed by atoms with Crippen LogP contribution in [0.1, 0.15) is 34.3 Å². The maximum atomic E-state index is 13.0. The highest BCUT2D eigenvalue weighted by Gasteiger charge is 2.50. The van der Waals surface area contributed by atoms with Crippen LogP contribution in [0.2, 0.25) is 0 Å². The summed E-state index contributed by atoms with van der Waals surface area (Å²) in [5, 5.41) is 0. The highest BCUT2D eigenvalue weighted by molar-refractivity contribution is 7.89. The van der Waals surface area contributed by atoms with Crippen LogP contribution < -0.4 is 0 Å². The lowest BCUT2D eigenvalue weighted by molar-refractivity contribution is -0.137. The maximum Gasteiger partial charge on any atom is 0.416 e. The van der Waals surface area contributed by atoms with Gasteiger partial charge >= 0.3 is 12.1 Å².